The average molecular weight is 351 g/mol. The van der Waals surface area contributed by atoms with E-state index < -0.39 is 12.0 Å². The van der Waals surface area contributed by atoms with Gasteiger partial charge in [0.1, 0.15) is 5.75 Å². The lowest BCUT2D eigenvalue weighted by Crippen LogP contribution is -2.34. The number of nitrogens with zero attached hydrogens (tertiary/aromatic N) is 2. The highest BCUT2D eigenvalue weighted by Gasteiger charge is 2.12. The Balaban J connectivity index is 2.58. The van der Waals surface area contributed by atoms with Gasteiger partial charge in [0.05, 0.1) is 6.42 Å². The lowest BCUT2D eigenvalue weighted by Gasteiger charge is -2.19. The number of carbonyl (C=O) groups is 3. The number of ether oxygens (including phenoxy) is 1. The smallest absolute Gasteiger partial charge is 0.321 e. The van der Waals surface area contributed by atoms with Gasteiger partial charge in [0.15, 0.2) is 6.61 Å². The highest BCUT2D eigenvalue weighted by atomic mass is 16.5. The summed E-state index contributed by atoms with van der Waals surface area (Å²) >= 11 is 0. The number of rotatable bonds is 9. The van der Waals surface area contributed by atoms with Gasteiger partial charge in [-0.15, -0.1) is 0 Å². The number of likely N-dealkylation sites (N-methyl/N-ethyl adjacent to an activating group) is 1. The molecular formula is C17H25N3O5. The van der Waals surface area contributed by atoms with Gasteiger partial charge in [-0.05, 0) is 26.0 Å². The second-order valence-corrected chi connectivity index (χ2v) is 5.38. The van der Waals surface area contributed by atoms with Crippen LogP contribution in [0.15, 0.2) is 24.3 Å². The van der Waals surface area contributed by atoms with Crippen molar-refractivity contribution in [1.29, 1.82) is 0 Å². The predicted octanol–water partition coefficient (Wildman–Crippen LogP) is 1.87. The van der Waals surface area contributed by atoms with Crippen LogP contribution in [0.4, 0.5) is 10.5 Å². The summed E-state index contributed by atoms with van der Waals surface area (Å²) in [7, 11) is 1.52. The van der Waals surface area contributed by atoms with Crippen LogP contribution < -0.4 is 10.1 Å². The van der Waals surface area contributed by atoms with Crippen molar-refractivity contribution in [2.24, 2.45) is 0 Å². The van der Waals surface area contributed by atoms with Crippen molar-refractivity contribution < 1.29 is 24.2 Å². The van der Waals surface area contributed by atoms with Gasteiger partial charge in [-0.2, -0.15) is 0 Å². The Morgan fingerprint density at radius 1 is 1.20 bits per heavy atom. The van der Waals surface area contributed by atoms with E-state index in [2.05, 4.69) is 5.32 Å². The van der Waals surface area contributed by atoms with Crippen molar-refractivity contribution in [2.75, 3.05) is 38.6 Å². The molecule has 1 rings (SSSR count). The first-order valence-corrected chi connectivity index (χ1v) is 8.11. The molecule has 0 aromatic heterocycles. The Morgan fingerprint density at radius 3 is 2.48 bits per heavy atom. The van der Waals surface area contributed by atoms with Crippen molar-refractivity contribution >= 4 is 23.6 Å². The number of carboxylic acid groups (broad SMARTS) is 1. The Labute approximate surface area is 147 Å². The van der Waals surface area contributed by atoms with E-state index in [1.54, 1.807) is 29.2 Å². The maximum absolute atomic E-state index is 12.0. The molecule has 1 aromatic carbocycles. The van der Waals surface area contributed by atoms with Crippen LogP contribution in [0.3, 0.4) is 0 Å². The summed E-state index contributed by atoms with van der Waals surface area (Å²) < 4.78 is 5.48. The molecule has 1 aromatic rings. The fraction of sp³-hybridized carbons (Fsp3) is 0.471. The molecule has 0 saturated heterocycles. The largest absolute Gasteiger partial charge is 0.484 e. The summed E-state index contributed by atoms with van der Waals surface area (Å²) in [5.41, 5.74) is 0.500. The Morgan fingerprint density at radius 2 is 1.88 bits per heavy atom. The zero-order chi connectivity index (χ0) is 18.8. The molecule has 0 atom stereocenters. The number of amides is 3. The minimum absolute atomic E-state index is 0.0718. The van der Waals surface area contributed by atoms with E-state index in [0.29, 0.717) is 24.5 Å². The van der Waals surface area contributed by atoms with Gasteiger partial charge in [0, 0.05) is 38.4 Å². The minimum Gasteiger partial charge on any atom is -0.484 e. The topological polar surface area (TPSA) is 99.2 Å². The van der Waals surface area contributed by atoms with Crippen LogP contribution in [0.1, 0.15) is 20.3 Å². The molecule has 138 valence electrons. The molecule has 0 aliphatic rings. The molecule has 0 heterocycles. The van der Waals surface area contributed by atoms with Crippen LogP contribution in [0.25, 0.3) is 0 Å². The van der Waals surface area contributed by atoms with Crippen molar-refractivity contribution in [3.8, 4) is 5.75 Å². The molecule has 0 spiro atoms. The van der Waals surface area contributed by atoms with Crippen molar-refractivity contribution in [3.05, 3.63) is 24.3 Å². The highest BCUT2D eigenvalue weighted by Crippen LogP contribution is 2.17. The molecule has 0 saturated carbocycles. The number of carbonyl (C=O) groups excluding carboxylic acids is 2. The van der Waals surface area contributed by atoms with Gasteiger partial charge in [0.2, 0.25) is 0 Å². The first kappa shape index (κ1) is 20.3. The molecule has 0 fully saturated rings. The average Bonchev–Trinajstić information content (AvgIpc) is 2.59. The summed E-state index contributed by atoms with van der Waals surface area (Å²) in [6, 6.07) is 6.27. The molecule has 0 radical (unpaired) electrons. The third kappa shape index (κ3) is 7.11. The van der Waals surface area contributed by atoms with Gasteiger partial charge in [-0.1, -0.05) is 6.07 Å². The van der Waals surface area contributed by atoms with E-state index >= 15 is 0 Å². The van der Waals surface area contributed by atoms with Crippen molar-refractivity contribution in [3.63, 3.8) is 0 Å². The van der Waals surface area contributed by atoms with Crippen LogP contribution >= 0.6 is 0 Å². The number of anilines is 1. The second-order valence-electron chi connectivity index (χ2n) is 5.38. The highest BCUT2D eigenvalue weighted by molar-refractivity contribution is 5.89. The van der Waals surface area contributed by atoms with E-state index in [1.165, 1.54) is 11.9 Å². The lowest BCUT2D eigenvalue weighted by molar-refractivity contribution is -0.137. The monoisotopic (exact) mass is 351 g/mol. The van der Waals surface area contributed by atoms with Crippen LogP contribution in [0.2, 0.25) is 0 Å². The first-order valence-electron chi connectivity index (χ1n) is 8.11. The van der Waals surface area contributed by atoms with Crippen molar-refractivity contribution in [1.82, 2.24) is 9.80 Å². The van der Waals surface area contributed by atoms with Gasteiger partial charge >= 0.3 is 12.0 Å². The zero-order valence-corrected chi connectivity index (χ0v) is 14.8. The summed E-state index contributed by atoms with van der Waals surface area (Å²) in [6.07, 6.45) is -0.124. The molecule has 0 aliphatic heterocycles. The number of hydrogen-bond donors (Lipinski definition) is 2. The third-order valence-corrected chi connectivity index (χ3v) is 3.57. The van der Waals surface area contributed by atoms with Crippen LogP contribution in [0, 0.1) is 0 Å². The number of aliphatic carboxylic acids is 1. The van der Waals surface area contributed by atoms with E-state index in [-0.39, 0.29) is 25.5 Å². The molecule has 8 heteroatoms. The Hall–Kier alpha value is -2.77. The van der Waals surface area contributed by atoms with E-state index in [0.717, 1.165) is 0 Å². The fourth-order valence-electron chi connectivity index (χ4n) is 2.06. The molecule has 0 unspecified atom stereocenters. The number of hydrogen-bond acceptors (Lipinski definition) is 4. The predicted molar refractivity (Wildman–Crippen MR) is 93.8 cm³/mol. The number of benzene rings is 1. The maximum Gasteiger partial charge on any atom is 0.321 e. The standard InChI is InChI=1S/C17H25N3O5/c1-4-20(5-2)15(21)12-25-14-8-6-7-13(11-14)18-17(24)19(3)10-9-16(22)23/h6-8,11H,4-5,9-10,12H2,1-3H3,(H,18,24)(H,22,23). The zero-order valence-electron chi connectivity index (χ0n) is 14.8. The molecule has 0 aliphatic carbocycles. The summed E-state index contributed by atoms with van der Waals surface area (Å²) in [5, 5.41) is 11.3. The Bertz CT molecular complexity index is 602. The second kappa shape index (κ2) is 10.2. The number of nitrogens with one attached hydrogen (secondary N) is 1. The number of carboxylic acids is 1. The maximum atomic E-state index is 12.0. The van der Waals surface area contributed by atoms with Gasteiger partial charge in [0.25, 0.3) is 5.91 Å². The minimum atomic E-state index is -0.965. The fourth-order valence-corrected chi connectivity index (χ4v) is 2.06. The molecule has 2 N–H and O–H groups in total. The molecular weight excluding hydrogens is 326 g/mol. The van der Waals surface area contributed by atoms with Gasteiger partial charge in [-0.3, -0.25) is 9.59 Å². The van der Waals surface area contributed by atoms with E-state index in [9.17, 15) is 14.4 Å². The third-order valence-electron chi connectivity index (χ3n) is 3.57. The van der Waals surface area contributed by atoms with E-state index in [1.807, 2.05) is 13.8 Å². The molecule has 25 heavy (non-hydrogen) atoms. The number of urea groups is 1. The normalized spacial score (nSPS) is 10.0. The van der Waals surface area contributed by atoms with Crippen LogP contribution in [0.5, 0.6) is 5.75 Å². The van der Waals surface area contributed by atoms with Crippen LogP contribution in [-0.4, -0.2) is 66.1 Å². The van der Waals surface area contributed by atoms with Gasteiger partial charge in [-0.25, -0.2) is 4.79 Å². The van der Waals surface area contributed by atoms with Crippen molar-refractivity contribution in [2.45, 2.75) is 20.3 Å². The molecule has 3 amide bonds. The quantitative estimate of drug-likeness (QED) is 0.708. The molecule has 0 bridgehead atoms. The first-order chi connectivity index (χ1) is 11.9. The summed E-state index contributed by atoms with van der Waals surface area (Å²) in [6.45, 7) is 5.08. The van der Waals surface area contributed by atoms with Crippen LogP contribution in [-0.2, 0) is 9.59 Å². The van der Waals surface area contributed by atoms with E-state index in [4.69, 9.17) is 9.84 Å². The summed E-state index contributed by atoms with van der Waals surface area (Å²) in [4.78, 5) is 37.4. The van der Waals surface area contributed by atoms with Gasteiger partial charge < -0.3 is 25.0 Å². The lowest BCUT2D eigenvalue weighted by atomic mass is 10.3. The molecule has 8 nitrogen and oxygen atoms in total. The SMILES string of the molecule is CCN(CC)C(=O)COc1cccc(NC(=O)N(C)CCC(=O)O)c1. The Kier molecular flexibility index (Phi) is 8.25. The summed E-state index contributed by atoms with van der Waals surface area (Å²) in [5.74, 6) is -0.604.